The fourth-order valence-corrected chi connectivity index (χ4v) is 1.88. The maximum absolute atomic E-state index is 11.5. The summed E-state index contributed by atoms with van der Waals surface area (Å²) in [6.45, 7) is 3.25. The summed E-state index contributed by atoms with van der Waals surface area (Å²) < 4.78 is 0. The molecule has 4 nitrogen and oxygen atoms in total. The Morgan fingerprint density at radius 1 is 1.57 bits per heavy atom. The molecule has 1 saturated heterocycles. The van der Waals surface area contributed by atoms with Gasteiger partial charge in [-0.2, -0.15) is 0 Å². The van der Waals surface area contributed by atoms with Crippen molar-refractivity contribution in [1.82, 2.24) is 15.8 Å². The summed E-state index contributed by atoms with van der Waals surface area (Å²) in [5, 5.41) is 5.08. The number of amides is 1. The van der Waals surface area contributed by atoms with Gasteiger partial charge in [-0.1, -0.05) is 6.92 Å². The second-order valence-corrected chi connectivity index (χ2v) is 4.31. The molecule has 2 unspecified atom stereocenters. The molecule has 0 aromatic heterocycles. The van der Waals surface area contributed by atoms with E-state index >= 15 is 0 Å². The lowest BCUT2D eigenvalue weighted by Crippen LogP contribution is -2.45. The van der Waals surface area contributed by atoms with E-state index in [9.17, 15) is 4.79 Å². The van der Waals surface area contributed by atoms with Crippen LogP contribution in [-0.2, 0) is 4.79 Å². The summed E-state index contributed by atoms with van der Waals surface area (Å²) in [6.07, 6.45) is 3.04. The van der Waals surface area contributed by atoms with E-state index in [0.717, 1.165) is 6.54 Å². The second-order valence-electron chi connectivity index (χ2n) is 4.31. The number of nitrogens with one attached hydrogen (secondary N) is 2. The van der Waals surface area contributed by atoms with E-state index < -0.39 is 0 Å². The minimum Gasteiger partial charge on any atom is -0.313 e. The van der Waals surface area contributed by atoms with E-state index in [1.165, 1.54) is 12.8 Å². The summed E-state index contributed by atoms with van der Waals surface area (Å²) in [5.41, 5.74) is 2.76. The number of carbonyl (C=O) groups is 1. The number of carbonyl (C=O) groups excluding carboxylic acids is 1. The highest BCUT2D eigenvalue weighted by Gasteiger charge is 2.23. The largest absolute Gasteiger partial charge is 0.313 e. The van der Waals surface area contributed by atoms with E-state index in [2.05, 4.69) is 17.7 Å². The van der Waals surface area contributed by atoms with Crippen LogP contribution in [0.1, 0.15) is 26.2 Å². The van der Waals surface area contributed by atoms with Crippen molar-refractivity contribution in [3.05, 3.63) is 0 Å². The molecule has 0 aromatic rings. The summed E-state index contributed by atoms with van der Waals surface area (Å²) in [4.78, 5) is 11.5. The van der Waals surface area contributed by atoms with Gasteiger partial charge in [-0.15, -0.1) is 0 Å². The van der Waals surface area contributed by atoms with Crippen LogP contribution in [0.2, 0.25) is 0 Å². The topological polar surface area (TPSA) is 44.4 Å². The molecule has 4 heteroatoms. The molecule has 1 aliphatic heterocycles. The quantitative estimate of drug-likeness (QED) is 0.645. The average molecular weight is 199 g/mol. The molecule has 1 aliphatic rings. The molecule has 1 fully saturated rings. The van der Waals surface area contributed by atoms with Crippen molar-refractivity contribution >= 4 is 5.91 Å². The van der Waals surface area contributed by atoms with Crippen molar-refractivity contribution in [2.75, 3.05) is 20.6 Å². The monoisotopic (exact) mass is 199 g/mol. The van der Waals surface area contributed by atoms with Crippen LogP contribution in [0.25, 0.3) is 0 Å². The van der Waals surface area contributed by atoms with Gasteiger partial charge in [0.2, 0.25) is 5.91 Å². The van der Waals surface area contributed by atoms with Gasteiger partial charge in [0.25, 0.3) is 0 Å². The molecular formula is C10H21N3O. The summed E-state index contributed by atoms with van der Waals surface area (Å²) in [7, 11) is 3.66. The van der Waals surface area contributed by atoms with Gasteiger partial charge in [-0.05, 0) is 25.3 Å². The molecule has 2 atom stereocenters. The number of hydrazine groups is 1. The molecule has 0 aliphatic carbocycles. The lowest BCUT2D eigenvalue weighted by molar-refractivity contribution is -0.125. The molecule has 1 amide bonds. The van der Waals surface area contributed by atoms with Crippen LogP contribution in [0, 0.1) is 5.92 Å². The van der Waals surface area contributed by atoms with Gasteiger partial charge in [0.05, 0.1) is 0 Å². The van der Waals surface area contributed by atoms with Crippen LogP contribution in [0.15, 0.2) is 0 Å². The SMILES string of the molecule is CC1CCCNC1CC(=O)NN(C)C. The Kier molecular flexibility index (Phi) is 4.35. The third kappa shape index (κ3) is 3.64. The van der Waals surface area contributed by atoms with E-state index in [0.29, 0.717) is 18.4 Å². The standard InChI is InChI=1S/C10H21N3O/c1-8-5-4-6-11-9(8)7-10(14)12-13(2)3/h8-9,11H,4-7H2,1-3H3,(H,12,14). The first-order valence-electron chi connectivity index (χ1n) is 5.30. The number of hydrogen-bond donors (Lipinski definition) is 2. The Labute approximate surface area is 86.0 Å². The molecule has 0 bridgehead atoms. The number of rotatable bonds is 3. The fraction of sp³-hybridized carbons (Fsp3) is 0.900. The normalized spacial score (nSPS) is 27.7. The van der Waals surface area contributed by atoms with Crippen molar-refractivity contribution in [2.24, 2.45) is 5.92 Å². The minimum absolute atomic E-state index is 0.0984. The zero-order valence-electron chi connectivity index (χ0n) is 9.34. The van der Waals surface area contributed by atoms with Crippen LogP contribution in [-0.4, -0.2) is 37.6 Å². The van der Waals surface area contributed by atoms with Gasteiger partial charge in [0.1, 0.15) is 0 Å². The molecule has 0 spiro atoms. The van der Waals surface area contributed by atoms with Crippen LogP contribution in [0.3, 0.4) is 0 Å². The number of piperidine rings is 1. The highest BCUT2D eigenvalue weighted by Crippen LogP contribution is 2.17. The Morgan fingerprint density at radius 3 is 2.86 bits per heavy atom. The first-order chi connectivity index (χ1) is 6.59. The zero-order chi connectivity index (χ0) is 10.6. The van der Waals surface area contributed by atoms with E-state index in [-0.39, 0.29) is 5.91 Å². The molecule has 82 valence electrons. The molecule has 0 radical (unpaired) electrons. The summed E-state index contributed by atoms with van der Waals surface area (Å²) in [5.74, 6) is 0.706. The van der Waals surface area contributed by atoms with Crippen molar-refractivity contribution < 1.29 is 4.79 Å². The highest BCUT2D eigenvalue weighted by atomic mass is 16.2. The van der Waals surface area contributed by atoms with Crippen LogP contribution >= 0.6 is 0 Å². The molecule has 1 rings (SSSR count). The van der Waals surface area contributed by atoms with Crippen LogP contribution < -0.4 is 10.7 Å². The minimum atomic E-state index is 0.0984. The van der Waals surface area contributed by atoms with Gasteiger partial charge in [0.15, 0.2) is 0 Å². The Hall–Kier alpha value is -0.610. The van der Waals surface area contributed by atoms with Gasteiger partial charge in [-0.3, -0.25) is 10.2 Å². The summed E-state index contributed by atoms with van der Waals surface area (Å²) >= 11 is 0. The fourth-order valence-electron chi connectivity index (χ4n) is 1.88. The predicted octanol–water partition coefficient (Wildman–Crippen LogP) is 0.357. The molecule has 2 N–H and O–H groups in total. The smallest absolute Gasteiger partial charge is 0.235 e. The second kappa shape index (κ2) is 5.32. The van der Waals surface area contributed by atoms with Crippen LogP contribution in [0.4, 0.5) is 0 Å². The first-order valence-corrected chi connectivity index (χ1v) is 5.30. The van der Waals surface area contributed by atoms with Crippen molar-refractivity contribution in [1.29, 1.82) is 0 Å². The third-order valence-corrected chi connectivity index (χ3v) is 2.68. The zero-order valence-corrected chi connectivity index (χ0v) is 9.34. The van der Waals surface area contributed by atoms with E-state index in [4.69, 9.17) is 0 Å². The van der Waals surface area contributed by atoms with Crippen molar-refractivity contribution in [3.8, 4) is 0 Å². The molecule has 0 aromatic carbocycles. The average Bonchev–Trinajstić information content (AvgIpc) is 2.07. The molecular weight excluding hydrogens is 178 g/mol. The van der Waals surface area contributed by atoms with Crippen molar-refractivity contribution in [3.63, 3.8) is 0 Å². The lowest BCUT2D eigenvalue weighted by atomic mass is 9.90. The maximum Gasteiger partial charge on any atom is 0.235 e. The maximum atomic E-state index is 11.5. The van der Waals surface area contributed by atoms with Crippen molar-refractivity contribution in [2.45, 2.75) is 32.2 Å². The van der Waals surface area contributed by atoms with E-state index in [1.807, 2.05) is 14.1 Å². The highest BCUT2D eigenvalue weighted by molar-refractivity contribution is 5.76. The van der Waals surface area contributed by atoms with E-state index in [1.54, 1.807) is 5.01 Å². The third-order valence-electron chi connectivity index (χ3n) is 2.68. The Morgan fingerprint density at radius 2 is 2.29 bits per heavy atom. The first kappa shape index (κ1) is 11.5. The van der Waals surface area contributed by atoms with Crippen LogP contribution in [0.5, 0.6) is 0 Å². The number of hydrogen-bond acceptors (Lipinski definition) is 3. The van der Waals surface area contributed by atoms with Gasteiger partial charge < -0.3 is 5.32 Å². The molecule has 14 heavy (non-hydrogen) atoms. The molecule has 1 heterocycles. The summed E-state index contributed by atoms with van der Waals surface area (Å²) in [6, 6.07) is 0.351. The number of nitrogens with zero attached hydrogens (tertiary/aromatic N) is 1. The predicted molar refractivity (Wildman–Crippen MR) is 56.6 cm³/mol. The molecule has 0 saturated carbocycles. The van der Waals surface area contributed by atoms with Gasteiger partial charge >= 0.3 is 0 Å². The van der Waals surface area contributed by atoms with Gasteiger partial charge in [0, 0.05) is 26.6 Å². The van der Waals surface area contributed by atoms with Gasteiger partial charge in [-0.25, -0.2) is 5.01 Å². The Bertz CT molecular complexity index is 194. The lowest BCUT2D eigenvalue weighted by Gasteiger charge is -2.29. The Balaban J connectivity index is 2.31.